The van der Waals surface area contributed by atoms with Crippen LogP contribution >= 0.6 is 12.2 Å². The molecule has 0 atom stereocenters. The molecule has 0 aliphatic rings. The molecule has 0 saturated heterocycles. The van der Waals surface area contributed by atoms with E-state index in [0.717, 1.165) is 22.4 Å². The minimum atomic E-state index is -0.214. The smallest absolute Gasteiger partial charge is 0.216 e. The maximum atomic E-state index is 10.9. The summed E-state index contributed by atoms with van der Waals surface area (Å²) in [5.41, 5.74) is 2.21. The van der Waals surface area contributed by atoms with Crippen molar-refractivity contribution in [2.24, 2.45) is 5.10 Å². The Balaban J connectivity index is 1.95. The topological polar surface area (TPSA) is 75.4 Å². The fraction of sp³-hybridized carbons (Fsp3) is 0.375. The highest BCUT2D eigenvalue weighted by atomic mass is 32.1. The lowest BCUT2D eigenvalue weighted by Crippen LogP contribution is -2.18. The molecule has 7 heteroatoms. The number of phenols is 1. The van der Waals surface area contributed by atoms with Gasteiger partial charge in [0.25, 0.3) is 0 Å². The van der Waals surface area contributed by atoms with Gasteiger partial charge in [0, 0.05) is 11.1 Å². The molecule has 2 N–H and O–H groups in total. The maximum absolute atomic E-state index is 10.9. The highest BCUT2D eigenvalue weighted by Crippen LogP contribution is 2.39. The predicted molar refractivity (Wildman–Crippen MR) is 127 cm³/mol. The van der Waals surface area contributed by atoms with Gasteiger partial charge in [-0.3, -0.25) is 0 Å². The Morgan fingerprint density at radius 2 is 1.65 bits per heavy atom. The number of ether oxygens (including phenoxy) is 1. The summed E-state index contributed by atoms with van der Waals surface area (Å²) in [5, 5.41) is 22.5. The Morgan fingerprint density at radius 3 is 2.19 bits per heavy atom. The van der Waals surface area contributed by atoms with Crippen LogP contribution in [0, 0.1) is 4.77 Å². The van der Waals surface area contributed by atoms with Crippen LogP contribution in [0.1, 0.15) is 64.1 Å². The van der Waals surface area contributed by atoms with Crippen LogP contribution in [-0.4, -0.2) is 26.2 Å². The van der Waals surface area contributed by atoms with E-state index in [-0.39, 0.29) is 17.4 Å². The second-order valence-corrected chi connectivity index (χ2v) is 9.95. The highest BCUT2D eigenvalue weighted by molar-refractivity contribution is 7.71. The van der Waals surface area contributed by atoms with Crippen molar-refractivity contribution < 1.29 is 9.84 Å². The molecule has 2 aromatic carbocycles. The van der Waals surface area contributed by atoms with E-state index in [1.807, 2.05) is 42.5 Å². The maximum Gasteiger partial charge on any atom is 0.216 e. The molecule has 1 heterocycles. The van der Waals surface area contributed by atoms with E-state index in [9.17, 15) is 5.11 Å². The van der Waals surface area contributed by atoms with Crippen molar-refractivity contribution in [3.05, 3.63) is 69.8 Å². The monoisotopic (exact) mass is 438 g/mol. The number of para-hydroxylation sites is 1. The van der Waals surface area contributed by atoms with Gasteiger partial charge in [0.05, 0.1) is 6.21 Å². The van der Waals surface area contributed by atoms with Gasteiger partial charge in [0.15, 0.2) is 5.82 Å². The number of nitrogens with one attached hydrogen (secondary N) is 1. The van der Waals surface area contributed by atoms with Crippen LogP contribution in [0.5, 0.6) is 11.5 Å². The first-order chi connectivity index (χ1) is 14.5. The average molecular weight is 439 g/mol. The zero-order valence-electron chi connectivity index (χ0n) is 18.9. The van der Waals surface area contributed by atoms with Gasteiger partial charge in [-0.1, -0.05) is 59.7 Å². The molecule has 0 aliphatic heterocycles. The Kier molecular flexibility index (Phi) is 6.36. The minimum Gasteiger partial charge on any atom is -0.507 e. The van der Waals surface area contributed by atoms with Gasteiger partial charge in [0.1, 0.15) is 18.1 Å². The van der Waals surface area contributed by atoms with Crippen LogP contribution in [0.25, 0.3) is 0 Å². The molecule has 1 aromatic heterocycles. The van der Waals surface area contributed by atoms with E-state index in [0.29, 0.717) is 16.3 Å². The third-order valence-corrected chi connectivity index (χ3v) is 5.16. The van der Waals surface area contributed by atoms with Crippen LogP contribution in [-0.2, 0) is 17.4 Å². The zero-order chi connectivity index (χ0) is 22.8. The molecule has 0 aliphatic carbocycles. The molecule has 3 aromatic rings. The molecule has 6 nitrogen and oxygen atoms in total. The summed E-state index contributed by atoms with van der Waals surface area (Å²) in [6, 6.07) is 13.5. The van der Waals surface area contributed by atoms with Gasteiger partial charge in [-0.25, -0.2) is 5.10 Å². The molecular formula is C24H30N4O2S. The average Bonchev–Trinajstić information content (AvgIpc) is 3.04. The third-order valence-electron chi connectivity index (χ3n) is 4.90. The summed E-state index contributed by atoms with van der Waals surface area (Å²) in [6.45, 7) is 12.7. The normalized spacial score (nSPS) is 12.5. The van der Waals surface area contributed by atoms with Crippen molar-refractivity contribution in [2.75, 3.05) is 0 Å². The van der Waals surface area contributed by atoms with E-state index in [1.165, 1.54) is 0 Å². The predicted octanol–water partition coefficient (Wildman–Crippen LogP) is 5.70. The second-order valence-electron chi connectivity index (χ2n) is 9.57. The number of aromatic hydroxyl groups is 1. The molecule has 3 rings (SSSR count). The number of aromatic amines is 1. The lowest BCUT2D eigenvalue weighted by atomic mass is 9.78. The lowest BCUT2D eigenvalue weighted by molar-refractivity contribution is 0.290. The molecule has 31 heavy (non-hydrogen) atoms. The summed E-state index contributed by atoms with van der Waals surface area (Å²) >= 11 is 5.35. The number of nitrogens with zero attached hydrogens (tertiary/aromatic N) is 3. The Labute approximate surface area is 188 Å². The first-order valence-electron chi connectivity index (χ1n) is 10.2. The van der Waals surface area contributed by atoms with Gasteiger partial charge in [-0.2, -0.15) is 14.9 Å². The lowest BCUT2D eigenvalue weighted by Gasteiger charge is -2.27. The number of benzene rings is 2. The number of hydrogen-bond donors (Lipinski definition) is 2. The molecule has 0 amide bonds. The van der Waals surface area contributed by atoms with Crippen molar-refractivity contribution in [3.63, 3.8) is 0 Å². The molecule has 0 spiro atoms. The number of aromatic nitrogens is 3. The van der Waals surface area contributed by atoms with E-state index >= 15 is 0 Å². The fourth-order valence-corrected chi connectivity index (χ4v) is 3.40. The van der Waals surface area contributed by atoms with E-state index < -0.39 is 0 Å². The molecule has 0 fully saturated rings. The SMILES string of the molecule is CC(C)(C)c1cc(/C=N\n2c(COc3ccccc3)n[nH]c2=S)cc(C(C)(C)C)c1O. The number of H-pyrrole nitrogens is 1. The standard InChI is InChI=1S/C24H30N4O2S/c1-23(2,3)18-12-16(13-19(21(18)29)24(4,5)6)14-25-28-20(26-27-22(28)31)15-30-17-10-8-7-9-11-17/h7-14,29H,15H2,1-6H3,(H,27,31)/b25-14-. The Morgan fingerprint density at radius 1 is 1.06 bits per heavy atom. The molecule has 0 saturated carbocycles. The number of hydrogen-bond acceptors (Lipinski definition) is 5. The van der Waals surface area contributed by atoms with Crippen molar-refractivity contribution in [1.29, 1.82) is 0 Å². The molecular weight excluding hydrogens is 408 g/mol. The summed E-state index contributed by atoms with van der Waals surface area (Å²) in [4.78, 5) is 0. The summed E-state index contributed by atoms with van der Waals surface area (Å²) in [7, 11) is 0. The van der Waals surface area contributed by atoms with Gasteiger partial charge < -0.3 is 9.84 Å². The van der Waals surface area contributed by atoms with Crippen molar-refractivity contribution in [2.45, 2.75) is 59.0 Å². The van der Waals surface area contributed by atoms with Crippen molar-refractivity contribution >= 4 is 18.4 Å². The van der Waals surface area contributed by atoms with Gasteiger partial charge in [0.2, 0.25) is 4.77 Å². The zero-order valence-corrected chi connectivity index (χ0v) is 19.7. The molecule has 0 unspecified atom stereocenters. The van der Waals surface area contributed by atoms with Crippen LogP contribution in [0.15, 0.2) is 47.6 Å². The summed E-state index contributed by atoms with van der Waals surface area (Å²) in [6.07, 6.45) is 1.74. The highest BCUT2D eigenvalue weighted by Gasteiger charge is 2.26. The first-order valence-corrected chi connectivity index (χ1v) is 10.6. The van der Waals surface area contributed by atoms with Gasteiger partial charge in [-0.05, 0) is 52.9 Å². The molecule has 0 bridgehead atoms. The van der Waals surface area contributed by atoms with Crippen LogP contribution < -0.4 is 4.74 Å². The van der Waals surface area contributed by atoms with Crippen LogP contribution in [0.3, 0.4) is 0 Å². The summed E-state index contributed by atoms with van der Waals surface area (Å²) in [5.74, 6) is 1.65. The Hall–Kier alpha value is -2.93. The van der Waals surface area contributed by atoms with E-state index in [2.05, 4.69) is 56.8 Å². The molecule has 0 radical (unpaired) electrons. The summed E-state index contributed by atoms with van der Waals surface area (Å²) < 4.78 is 7.72. The molecule has 164 valence electrons. The minimum absolute atomic E-state index is 0.214. The van der Waals surface area contributed by atoms with Crippen molar-refractivity contribution in [3.8, 4) is 11.5 Å². The number of rotatable bonds is 5. The Bertz CT molecular complexity index is 1100. The number of phenolic OH excluding ortho intramolecular Hbond substituents is 1. The fourth-order valence-electron chi connectivity index (χ4n) is 3.20. The van der Waals surface area contributed by atoms with Gasteiger partial charge in [-0.15, -0.1) is 0 Å². The second kappa shape index (κ2) is 8.67. The van der Waals surface area contributed by atoms with Crippen LogP contribution in [0.2, 0.25) is 0 Å². The van der Waals surface area contributed by atoms with E-state index in [1.54, 1.807) is 10.9 Å². The largest absolute Gasteiger partial charge is 0.507 e. The third kappa shape index (κ3) is 5.41. The first kappa shape index (κ1) is 22.7. The quantitative estimate of drug-likeness (QED) is 0.396. The van der Waals surface area contributed by atoms with E-state index in [4.69, 9.17) is 17.0 Å². The van der Waals surface area contributed by atoms with Crippen LogP contribution in [0.4, 0.5) is 0 Å². The van der Waals surface area contributed by atoms with Crippen molar-refractivity contribution in [1.82, 2.24) is 14.9 Å². The van der Waals surface area contributed by atoms with Gasteiger partial charge >= 0.3 is 0 Å².